The fourth-order valence-corrected chi connectivity index (χ4v) is 2.18. The SMILES string of the molecule is Cc1nc2c(C)cc(Cl)cn2c1CN(C)C. The number of aryl methyl sites for hydroxylation is 2. The van der Waals surface area contributed by atoms with E-state index in [2.05, 4.69) is 28.4 Å². The topological polar surface area (TPSA) is 20.5 Å². The van der Waals surface area contributed by atoms with Gasteiger partial charge in [-0.2, -0.15) is 0 Å². The van der Waals surface area contributed by atoms with Gasteiger partial charge in [-0.15, -0.1) is 0 Å². The smallest absolute Gasteiger partial charge is 0.140 e. The number of imidazole rings is 1. The second-order valence-electron chi connectivity index (χ2n) is 4.42. The van der Waals surface area contributed by atoms with Crippen molar-refractivity contribution >= 4 is 17.2 Å². The van der Waals surface area contributed by atoms with Crippen LogP contribution in [0.25, 0.3) is 5.65 Å². The largest absolute Gasteiger partial charge is 0.304 e. The molecule has 0 aliphatic rings. The van der Waals surface area contributed by atoms with Crippen molar-refractivity contribution in [2.24, 2.45) is 0 Å². The molecule has 0 saturated heterocycles. The van der Waals surface area contributed by atoms with Gasteiger partial charge in [0.1, 0.15) is 5.65 Å². The van der Waals surface area contributed by atoms with Crippen molar-refractivity contribution < 1.29 is 0 Å². The van der Waals surface area contributed by atoms with Crippen LogP contribution in [0.1, 0.15) is 17.0 Å². The lowest BCUT2D eigenvalue weighted by Gasteiger charge is -2.10. The molecule has 0 saturated carbocycles. The van der Waals surface area contributed by atoms with E-state index >= 15 is 0 Å². The molecule has 0 aliphatic carbocycles. The van der Waals surface area contributed by atoms with Gasteiger partial charge >= 0.3 is 0 Å². The van der Waals surface area contributed by atoms with Crippen LogP contribution in [0.15, 0.2) is 12.3 Å². The predicted molar refractivity (Wildman–Crippen MR) is 67.1 cm³/mol. The van der Waals surface area contributed by atoms with Crippen molar-refractivity contribution in [1.29, 1.82) is 0 Å². The first-order chi connectivity index (χ1) is 7.49. The number of hydrogen-bond acceptors (Lipinski definition) is 2. The zero-order valence-corrected chi connectivity index (χ0v) is 10.8. The minimum absolute atomic E-state index is 0.752. The van der Waals surface area contributed by atoms with E-state index < -0.39 is 0 Å². The molecule has 2 heterocycles. The van der Waals surface area contributed by atoms with Gasteiger partial charge < -0.3 is 9.30 Å². The van der Waals surface area contributed by atoms with Crippen LogP contribution in [0.3, 0.4) is 0 Å². The molecule has 16 heavy (non-hydrogen) atoms. The van der Waals surface area contributed by atoms with Crippen LogP contribution >= 0.6 is 11.6 Å². The van der Waals surface area contributed by atoms with Gasteiger partial charge in [-0.3, -0.25) is 0 Å². The van der Waals surface area contributed by atoms with Crippen LogP contribution in [-0.4, -0.2) is 28.4 Å². The molecule has 4 heteroatoms. The minimum atomic E-state index is 0.752. The van der Waals surface area contributed by atoms with Gasteiger partial charge in [-0.1, -0.05) is 11.6 Å². The first-order valence-electron chi connectivity index (χ1n) is 5.27. The van der Waals surface area contributed by atoms with E-state index in [1.807, 2.05) is 26.1 Å². The van der Waals surface area contributed by atoms with E-state index in [0.717, 1.165) is 28.5 Å². The molecule has 0 aliphatic heterocycles. The molecule has 0 bridgehead atoms. The van der Waals surface area contributed by atoms with Gasteiger partial charge in [0.05, 0.1) is 16.4 Å². The number of halogens is 1. The zero-order valence-electron chi connectivity index (χ0n) is 10.1. The number of pyridine rings is 1. The van der Waals surface area contributed by atoms with E-state index in [-0.39, 0.29) is 0 Å². The minimum Gasteiger partial charge on any atom is -0.304 e. The Bertz CT molecular complexity index is 529. The van der Waals surface area contributed by atoms with Crippen LogP contribution in [0.2, 0.25) is 5.02 Å². The summed E-state index contributed by atoms with van der Waals surface area (Å²) in [6, 6.07) is 1.95. The summed E-state index contributed by atoms with van der Waals surface area (Å²) in [7, 11) is 4.10. The normalized spacial score (nSPS) is 11.6. The van der Waals surface area contributed by atoms with E-state index in [9.17, 15) is 0 Å². The molecule has 0 aromatic carbocycles. The Morgan fingerprint density at radius 1 is 1.38 bits per heavy atom. The molecule has 2 aromatic heterocycles. The van der Waals surface area contributed by atoms with Crippen molar-refractivity contribution in [3.8, 4) is 0 Å². The van der Waals surface area contributed by atoms with E-state index in [4.69, 9.17) is 11.6 Å². The maximum Gasteiger partial charge on any atom is 0.140 e. The molecule has 2 rings (SSSR count). The second kappa shape index (κ2) is 4.07. The number of nitrogens with zero attached hydrogens (tertiary/aromatic N) is 3. The summed E-state index contributed by atoms with van der Waals surface area (Å²) in [5, 5.41) is 0.752. The third-order valence-electron chi connectivity index (χ3n) is 2.64. The average Bonchev–Trinajstić information content (AvgIpc) is 2.45. The highest BCUT2D eigenvalue weighted by atomic mass is 35.5. The third kappa shape index (κ3) is 1.93. The predicted octanol–water partition coefficient (Wildman–Crippen LogP) is 2.67. The maximum atomic E-state index is 6.08. The number of rotatable bonds is 2. The van der Waals surface area contributed by atoms with Crippen molar-refractivity contribution in [3.05, 3.63) is 34.2 Å². The van der Waals surface area contributed by atoms with Gasteiger partial charge in [-0.05, 0) is 39.6 Å². The highest BCUT2D eigenvalue weighted by Gasteiger charge is 2.11. The van der Waals surface area contributed by atoms with Gasteiger partial charge in [0.25, 0.3) is 0 Å². The lowest BCUT2D eigenvalue weighted by atomic mass is 10.3. The monoisotopic (exact) mass is 237 g/mol. The second-order valence-corrected chi connectivity index (χ2v) is 4.85. The molecule has 0 fully saturated rings. The van der Waals surface area contributed by atoms with Crippen LogP contribution in [0.4, 0.5) is 0 Å². The molecule has 3 nitrogen and oxygen atoms in total. The van der Waals surface area contributed by atoms with Crippen molar-refractivity contribution in [1.82, 2.24) is 14.3 Å². The van der Waals surface area contributed by atoms with Crippen LogP contribution in [0, 0.1) is 13.8 Å². The standard InChI is InChI=1S/C12H16ClN3/c1-8-5-10(13)6-16-11(7-15(3)4)9(2)14-12(8)16/h5-6H,7H2,1-4H3. The summed E-state index contributed by atoms with van der Waals surface area (Å²) in [5.74, 6) is 0. The van der Waals surface area contributed by atoms with Gasteiger partial charge in [0.15, 0.2) is 0 Å². The first kappa shape index (κ1) is 11.4. The van der Waals surface area contributed by atoms with E-state index in [1.165, 1.54) is 5.69 Å². The molecular formula is C12H16ClN3. The Kier molecular flexibility index (Phi) is 2.91. The molecule has 0 amide bonds. The Labute approximate surface area is 101 Å². The molecule has 0 N–H and O–H groups in total. The summed E-state index contributed by atoms with van der Waals surface area (Å²) >= 11 is 6.08. The molecule has 0 atom stereocenters. The fraction of sp³-hybridized carbons (Fsp3) is 0.417. The van der Waals surface area contributed by atoms with Gasteiger partial charge in [0.2, 0.25) is 0 Å². The fourth-order valence-electron chi connectivity index (χ4n) is 1.92. The molecule has 86 valence electrons. The number of hydrogen-bond donors (Lipinski definition) is 0. The summed E-state index contributed by atoms with van der Waals surface area (Å²) in [6.45, 7) is 4.94. The highest BCUT2D eigenvalue weighted by Crippen LogP contribution is 2.20. The Morgan fingerprint density at radius 3 is 2.69 bits per heavy atom. The zero-order chi connectivity index (χ0) is 11.9. The lowest BCUT2D eigenvalue weighted by molar-refractivity contribution is 0.394. The summed E-state index contributed by atoms with van der Waals surface area (Å²) < 4.78 is 2.09. The molecule has 0 unspecified atom stereocenters. The average molecular weight is 238 g/mol. The van der Waals surface area contributed by atoms with Crippen LogP contribution in [0.5, 0.6) is 0 Å². The number of aromatic nitrogens is 2. The summed E-state index contributed by atoms with van der Waals surface area (Å²) in [4.78, 5) is 6.72. The van der Waals surface area contributed by atoms with Crippen molar-refractivity contribution in [2.45, 2.75) is 20.4 Å². The van der Waals surface area contributed by atoms with Gasteiger partial charge in [0, 0.05) is 12.7 Å². The van der Waals surface area contributed by atoms with Gasteiger partial charge in [-0.25, -0.2) is 4.98 Å². The summed E-state index contributed by atoms with van der Waals surface area (Å²) in [6.07, 6.45) is 1.93. The van der Waals surface area contributed by atoms with E-state index in [1.54, 1.807) is 0 Å². The van der Waals surface area contributed by atoms with Crippen LogP contribution < -0.4 is 0 Å². The van der Waals surface area contributed by atoms with Crippen LogP contribution in [-0.2, 0) is 6.54 Å². The Balaban J connectivity index is 2.68. The number of fused-ring (bicyclic) bond motifs is 1. The maximum absolute atomic E-state index is 6.08. The van der Waals surface area contributed by atoms with Crippen molar-refractivity contribution in [3.63, 3.8) is 0 Å². The quantitative estimate of drug-likeness (QED) is 0.801. The van der Waals surface area contributed by atoms with Crippen molar-refractivity contribution in [2.75, 3.05) is 14.1 Å². The van der Waals surface area contributed by atoms with E-state index in [0.29, 0.717) is 0 Å². The molecule has 2 aromatic rings. The third-order valence-corrected chi connectivity index (χ3v) is 2.84. The molecule has 0 spiro atoms. The Hall–Kier alpha value is -1.06. The molecule has 0 radical (unpaired) electrons. The Morgan fingerprint density at radius 2 is 2.06 bits per heavy atom. The molecular weight excluding hydrogens is 222 g/mol. The highest BCUT2D eigenvalue weighted by molar-refractivity contribution is 6.30. The first-order valence-corrected chi connectivity index (χ1v) is 5.65. The lowest BCUT2D eigenvalue weighted by Crippen LogP contribution is -2.13. The summed E-state index contributed by atoms with van der Waals surface area (Å²) in [5.41, 5.74) is 4.38.